The van der Waals surface area contributed by atoms with E-state index in [1.54, 1.807) is 0 Å². The van der Waals surface area contributed by atoms with Crippen LogP contribution in [0.2, 0.25) is 0 Å². The molecule has 0 saturated heterocycles. The summed E-state index contributed by atoms with van der Waals surface area (Å²) in [5.41, 5.74) is 5.10. The average molecular weight is 272 g/mol. The summed E-state index contributed by atoms with van der Waals surface area (Å²) in [6.45, 7) is 3.17. The number of hydrogen-bond donors (Lipinski definition) is 0. The van der Waals surface area contributed by atoms with E-state index in [-0.39, 0.29) is 0 Å². The summed E-state index contributed by atoms with van der Waals surface area (Å²) in [7, 11) is 0. The van der Waals surface area contributed by atoms with Gasteiger partial charge in [-0.1, -0.05) is 36.4 Å². The van der Waals surface area contributed by atoms with Gasteiger partial charge in [0.15, 0.2) is 0 Å². The molecule has 0 fully saturated rings. The second kappa shape index (κ2) is 4.74. The van der Waals surface area contributed by atoms with E-state index in [1.165, 1.54) is 32.9 Å². The van der Waals surface area contributed by atoms with Gasteiger partial charge in [0.1, 0.15) is 0 Å². The van der Waals surface area contributed by atoms with Gasteiger partial charge in [0.05, 0.1) is 5.52 Å². The van der Waals surface area contributed by atoms with E-state index < -0.39 is 0 Å². The molecule has 0 N–H and O–H groups in total. The van der Waals surface area contributed by atoms with E-state index in [0.717, 1.165) is 6.54 Å². The first-order valence-corrected chi connectivity index (χ1v) is 7.30. The largest absolute Gasteiger partial charge is 0.340 e. The lowest BCUT2D eigenvalue weighted by molar-refractivity contribution is 0.828. The first kappa shape index (κ1) is 12.2. The smallest absolute Gasteiger partial charge is 0.0570 e. The number of pyridine rings is 1. The molecule has 0 atom stereocenters. The van der Waals surface area contributed by atoms with Crippen LogP contribution in [0.5, 0.6) is 0 Å². The first-order chi connectivity index (χ1) is 10.4. The topological polar surface area (TPSA) is 17.8 Å². The van der Waals surface area contributed by atoms with Gasteiger partial charge in [-0.05, 0) is 30.7 Å². The lowest BCUT2D eigenvalue weighted by Crippen LogP contribution is -1.94. The van der Waals surface area contributed by atoms with Crippen molar-refractivity contribution in [3.8, 4) is 11.1 Å². The van der Waals surface area contributed by atoms with Gasteiger partial charge in [-0.2, -0.15) is 0 Å². The van der Waals surface area contributed by atoms with Gasteiger partial charge in [0, 0.05) is 40.8 Å². The van der Waals surface area contributed by atoms with Crippen molar-refractivity contribution < 1.29 is 0 Å². The second-order valence-corrected chi connectivity index (χ2v) is 5.20. The highest BCUT2D eigenvalue weighted by Gasteiger charge is 2.13. The maximum absolute atomic E-state index is 4.13. The first-order valence-electron chi connectivity index (χ1n) is 7.30. The molecular weight excluding hydrogens is 256 g/mol. The van der Waals surface area contributed by atoms with Crippen molar-refractivity contribution in [2.75, 3.05) is 0 Å². The maximum atomic E-state index is 4.13. The molecule has 2 aromatic heterocycles. The van der Waals surface area contributed by atoms with Crippen LogP contribution in [-0.2, 0) is 6.54 Å². The van der Waals surface area contributed by atoms with Crippen LogP contribution in [0, 0.1) is 0 Å². The van der Waals surface area contributed by atoms with Crippen molar-refractivity contribution in [2.45, 2.75) is 13.5 Å². The molecule has 102 valence electrons. The van der Waals surface area contributed by atoms with E-state index in [4.69, 9.17) is 0 Å². The number of para-hydroxylation sites is 2. The Bertz CT molecular complexity index is 920. The Balaban J connectivity index is 2.19. The molecule has 2 heterocycles. The maximum Gasteiger partial charge on any atom is 0.0570 e. The van der Waals surface area contributed by atoms with Crippen LogP contribution in [0.15, 0.2) is 67.0 Å². The van der Waals surface area contributed by atoms with Gasteiger partial charge < -0.3 is 4.57 Å². The van der Waals surface area contributed by atoms with Gasteiger partial charge in [0.2, 0.25) is 0 Å². The van der Waals surface area contributed by atoms with E-state index in [0.29, 0.717) is 0 Å². The normalized spacial score (nSPS) is 11.3. The Morgan fingerprint density at radius 3 is 2.43 bits per heavy atom. The zero-order chi connectivity index (χ0) is 14.2. The Kier molecular flexibility index (Phi) is 2.74. The Morgan fingerprint density at radius 1 is 0.857 bits per heavy atom. The Morgan fingerprint density at radius 2 is 1.62 bits per heavy atom. The SMILES string of the molecule is CCn1c2ccccc2c2cccc(-c3ccncc3)c21. The number of hydrogen-bond acceptors (Lipinski definition) is 1. The molecule has 2 aromatic carbocycles. The van der Waals surface area contributed by atoms with E-state index in [9.17, 15) is 0 Å². The molecule has 2 nitrogen and oxygen atoms in total. The molecule has 0 aliphatic rings. The van der Waals surface area contributed by atoms with Crippen LogP contribution in [0.3, 0.4) is 0 Å². The highest BCUT2D eigenvalue weighted by Crippen LogP contribution is 2.35. The molecule has 0 spiro atoms. The number of fused-ring (bicyclic) bond motifs is 3. The van der Waals surface area contributed by atoms with Gasteiger partial charge >= 0.3 is 0 Å². The van der Waals surface area contributed by atoms with Crippen molar-refractivity contribution in [3.63, 3.8) is 0 Å². The predicted octanol–water partition coefficient (Wildman–Crippen LogP) is 4.88. The summed E-state index contributed by atoms with van der Waals surface area (Å²) in [4.78, 5) is 4.13. The molecule has 0 bridgehead atoms. The number of benzene rings is 2. The van der Waals surface area contributed by atoms with Gasteiger partial charge in [-0.3, -0.25) is 4.98 Å². The summed E-state index contributed by atoms with van der Waals surface area (Å²) in [6, 6.07) is 19.3. The third-order valence-corrected chi connectivity index (χ3v) is 4.10. The van der Waals surface area contributed by atoms with Crippen LogP contribution in [-0.4, -0.2) is 9.55 Å². The van der Waals surface area contributed by atoms with Gasteiger partial charge in [-0.15, -0.1) is 0 Å². The molecular formula is C19H16N2. The monoisotopic (exact) mass is 272 g/mol. The van der Waals surface area contributed by atoms with Crippen molar-refractivity contribution in [2.24, 2.45) is 0 Å². The zero-order valence-corrected chi connectivity index (χ0v) is 12.0. The van der Waals surface area contributed by atoms with Crippen LogP contribution in [0.25, 0.3) is 32.9 Å². The molecule has 4 aromatic rings. The number of aromatic nitrogens is 2. The van der Waals surface area contributed by atoms with Crippen LogP contribution in [0.4, 0.5) is 0 Å². The predicted molar refractivity (Wildman–Crippen MR) is 88.3 cm³/mol. The minimum atomic E-state index is 0.964. The zero-order valence-electron chi connectivity index (χ0n) is 12.0. The molecule has 4 rings (SSSR count). The number of aryl methyl sites for hydroxylation is 1. The van der Waals surface area contributed by atoms with E-state index in [2.05, 4.69) is 71.1 Å². The van der Waals surface area contributed by atoms with E-state index in [1.807, 2.05) is 12.4 Å². The molecule has 0 saturated carbocycles. The van der Waals surface area contributed by atoms with Crippen molar-refractivity contribution in [3.05, 3.63) is 67.0 Å². The summed E-state index contributed by atoms with van der Waals surface area (Å²) in [5, 5.41) is 2.65. The highest BCUT2D eigenvalue weighted by atomic mass is 15.0. The van der Waals surface area contributed by atoms with Crippen molar-refractivity contribution >= 4 is 21.8 Å². The fourth-order valence-corrected chi connectivity index (χ4v) is 3.20. The van der Waals surface area contributed by atoms with Crippen molar-refractivity contribution in [1.82, 2.24) is 9.55 Å². The minimum absolute atomic E-state index is 0.964. The lowest BCUT2D eigenvalue weighted by Gasteiger charge is -2.08. The summed E-state index contributed by atoms with van der Waals surface area (Å²) < 4.78 is 2.40. The molecule has 0 radical (unpaired) electrons. The quantitative estimate of drug-likeness (QED) is 0.508. The summed E-state index contributed by atoms with van der Waals surface area (Å²) in [6.07, 6.45) is 3.71. The second-order valence-electron chi connectivity index (χ2n) is 5.20. The molecule has 0 unspecified atom stereocenters. The van der Waals surface area contributed by atoms with Crippen molar-refractivity contribution in [1.29, 1.82) is 0 Å². The Hall–Kier alpha value is -2.61. The third-order valence-electron chi connectivity index (χ3n) is 4.10. The van der Waals surface area contributed by atoms with Crippen LogP contribution in [0.1, 0.15) is 6.92 Å². The standard InChI is InChI=1S/C19H16N2/c1-2-21-18-9-4-3-6-16(18)17-8-5-7-15(19(17)21)14-10-12-20-13-11-14/h3-13H,2H2,1H3. The van der Waals surface area contributed by atoms with Crippen LogP contribution < -0.4 is 0 Å². The molecule has 0 aliphatic carbocycles. The fraction of sp³-hybridized carbons (Fsp3) is 0.105. The van der Waals surface area contributed by atoms with Crippen LogP contribution >= 0.6 is 0 Å². The molecule has 0 aliphatic heterocycles. The molecule has 0 amide bonds. The summed E-state index contributed by atoms with van der Waals surface area (Å²) >= 11 is 0. The highest BCUT2D eigenvalue weighted by molar-refractivity contribution is 6.12. The average Bonchev–Trinajstić information content (AvgIpc) is 2.89. The van der Waals surface area contributed by atoms with Gasteiger partial charge in [0.25, 0.3) is 0 Å². The number of rotatable bonds is 2. The van der Waals surface area contributed by atoms with E-state index >= 15 is 0 Å². The van der Waals surface area contributed by atoms with Gasteiger partial charge in [-0.25, -0.2) is 0 Å². The lowest BCUT2D eigenvalue weighted by atomic mass is 10.0. The molecule has 2 heteroatoms. The number of nitrogens with zero attached hydrogens (tertiary/aromatic N) is 2. The fourth-order valence-electron chi connectivity index (χ4n) is 3.20. The summed E-state index contributed by atoms with van der Waals surface area (Å²) in [5.74, 6) is 0. The molecule has 21 heavy (non-hydrogen) atoms. The minimum Gasteiger partial charge on any atom is -0.340 e. The Labute approximate surface area is 123 Å². The third kappa shape index (κ3) is 1.76.